The first-order chi connectivity index (χ1) is 10.7. The minimum Gasteiger partial charge on any atom is -0.444 e. The molecule has 0 saturated carbocycles. The topological polar surface area (TPSA) is 50.4 Å². The normalized spacial score (nSPS) is 13.0. The third-order valence-corrected chi connectivity index (χ3v) is 3.96. The number of halogens is 1. The van der Waals surface area contributed by atoms with Crippen molar-refractivity contribution in [3.8, 4) is 0 Å². The molecule has 0 heterocycles. The lowest BCUT2D eigenvalue weighted by molar-refractivity contribution is 0.0521. The van der Waals surface area contributed by atoms with Crippen LogP contribution in [0, 0.1) is 5.92 Å². The van der Waals surface area contributed by atoms with E-state index in [9.17, 15) is 4.79 Å². The number of rotatable bonds is 7. The van der Waals surface area contributed by atoms with Crippen LogP contribution in [0.3, 0.4) is 0 Å². The van der Waals surface area contributed by atoms with Gasteiger partial charge in [-0.05, 0) is 44.7 Å². The molecule has 130 valence electrons. The summed E-state index contributed by atoms with van der Waals surface area (Å²) in [7, 11) is 0. The number of hydrogen-bond donors (Lipinski definition) is 2. The summed E-state index contributed by atoms with van der Waals surface area (Å²) in [5.41, 5.74) is 0.735. The van der Waals surface area contributed by atoms with Crippen LogP contribution in [0.4, 0.5) is 4.79 Å². The predicted octanol–water partition coefficient (Wildman–Crippen LogP) is 4.48. The van der Waals surface area contributed by atoms with Gasteiger partial charge in [-0.1, -0.05) is 48.0 Å². The lowest BCUT2D eigenvalue weighted by Crippen LogP contribution is -2.43. The maximum atomic E-state index is 11.8. The van der Waals surface area contributed by atoms with Crippen LogP contribution in [-0.2, 0) is 11.3 Å². The van der Waals surface area contributed by atoms with Gasteiger partial charge < -0.3 is 15.4 Å². The zero-order valence-electron chi connectivity index (χ0n) is 14.8. The molecule has 23 heavy (non-hydrogen) atoms. The van der Waals surface area contributed by atoms with E-state index >= 15 is 0 Å². The van der Waals surface area contributed by atoms with Crippen molar-refractivity contribution in [1.82, 2.24) is 10.6 Å². The molecule has 1 amide bonds. The Hall–Kier alpha value is -1.07. The quantitative estimate of drug-likeness (QED) is 0.728. The van der Waals surface area contributed by atoms with Crippen molar-refractivity contribution in [1.29, 1.82) is 0 Å². The van der Waals surface area contributed by atoms with Crippen LogP contribution in [-0.4, -0.2) is 24.3 Å². The molecule has 0 aliphatic rings. The predicted molar refractivity (Wildman–Crippen MR) is 98.5 cm³/mol. The van der Waals surface area contributed by atoms with Gasteiger partial charge in [-0.2, -0.15) is 0 Å². The molecule has 1 aromatic carbocycles. The number of amides is 1. The van der Waals surface area contributed by atoms with E-state index in [-0.39, 0.29) is 12.1 Å². The van der Waals surface area contributed by atoms with Crippen LogP contribution in [0.5, 0.6) is 0 Å². The van der Waals surface area contributed by atoms with Crippen LogP contribution in [0.15, 0.2) is 28.7 Å². The summed E-state index contributed by atoms with van der Waals surface area (Å²) in [6.07, 6.45) is 0.620. The van der Waals surface area contributed by atoms with Crippen LogP contribution in [0.2, 0.25) is 0 Å². The summed E-state index contributed by atoms with van der Waals surface area (Å²) in [6, 6.07) is 8.36. The second-order valence-electron chi connectivity index (χ2n) is 7.18. The molecule has 1 aromatic rings. The highest BCUT2D eigenvalue weighted by Crippen LogP contribution is 2.16. The van der Waals surface area contributed by atoms with Gasteiger partial charge in [0.2, 0.25) is 0 Å². The molecule has 0 fully saturated rings. The van der Waals surface area contributed by atoms with E-state index in [4.69, 9.17) is 4.74 Å². The Morgan fingerprint density at radius 2 is 1.91 bits per heavy atom. The minimum absolute atomic E-state index is 0.203. The minimum atomic E-state index is -0.472. The Morgan fingerprint density at radius 1 is 1.26 bits per heavy atom. The third kappa shape index (κ3) is 8.96. The highest BCUT2D eigenvalue weighted by molar-refractivity contribution is 9.10. The Labute approximate surface area is 148 Å². The maximum absolute atomic E-state index is 11.8. The number of hydrogen-bond acceptors (Lipinski definition) is 3. The number of carbonyl (C=O) groups is 1. The first-order valence-electron chi connectivity index (χ1n) is 8.11. The van der Waals surface area contributed by atoms with E-state index in [1.807, 2.05) is 39.0 Å². The second-order valence-corrected chi connectivity index (χ2v) is 8.04. The van der Waals surface area contributed by atoms with E-state index < -0.39 is 5.60 Å². The fraction of sp³-hybridized carbons (Fsp3) is 0.611. The van der Waals surface area contributed by atoms with Gasteiger partial charge in [0.15, 0.2) is 0 Å². The molecule has 4 nitrogen and oxygen atoms in total. The van der Waals surface area contributed by atoms with Crippen molar-refractivity contribution < 1.29 is 9.53 Å². The van der Waals surface area contributed by atoms with Gasteiger partial charge >= 0.3 is 6.09 Å². The number of nitrogens with one attached hydrogen (secondary N) is 2. The van der Waals surface area contributed by atoms with E-state index in [1.165, 1.54) is 5.56 Å². The first-order valence-corrected chi connectivity index (χ1v) is 8.90. The Balaban J connectivity index is 2.52. The van der Waals surface area contributed by atoms with E-state index in [0.29, 0.717) is 12.5 Å². The summed E-state index contributed by atoms with van der Waals surface area (Å²) in [4.78, 5) is 11.8. The SMILES string of the molecule is CC(C)CC(CNC(=O)OC(C)(C)C)NCc1ccccc1Br. The molecule has 2 N–H and O–H groups in total. The maximum Gasteiger partial charge on any atom is 0.407 e. The highest BCUT2D eigenvalue weighted by Gasteiger charge is 2.18. The van der Waals surface area contributed by atoms with Gasteiger partial charge in [0.1, 0.15) is 5.60 Å². The molecule has 0 spiro atoms. The van der Waals surface area contributed by atoms with E-state index in [1.54, 1.807) is 0 Å². The van der Waals surface area contributed by atoms with Gasteiger partial charge in [-0.15, -0.1) is 0 Å². The smallest absolute Gasteiger partial charge is 0.407 e. The summed E-state index contributed by atoms with van der Waals surface area (Å²) < 4.78 is 6.38. The number of ether oxygens (including phenoxy) is 1. The molecule has 1 unspecified atom stereocenters. The van der Waals surface area contributed by atoms with Crippen molar-refractivity contribution in [3.05, 3.63) is 34.3 Å². The van der Waals surface area contributed by atoms with Crippen LogP contribution < -0.4 is 10.6 Å². The number of benzene rings is 1. The summed E-state index contributed by atoms with van der Waals surface area (Å²) in [6.45, 7) is 11.3. The molecule has 0 aliphatic heterocycles. The van der Waals surface area contributed by atoms with Gasteiger partial charge in [0.25, 0.3) is 0 Å². The fourth-order valence-corrected chi connectivity index (χ4v) is 2.65. The van der Waals surface area contributed by atoms with Crippen molar-refractivity contribution in [2.24, 2.45) is 5.92 Å². The molecule has 5 heteroatoms. The third-order valence-electron chi connectivity index (χ3n) is 3.19. The number of carbonyl (C=O) groups excluding carboxylic acids is 1. The van der Waals surface area contributed by atoms with Crippen molar-refractivity contribution in [3.63, 3.8) is 0 Å². The van der Waals surface area contributed by atoms with Gasteiger partial charge in [-0.25, -0.2) is 4.79 Å². The summed E-state index contributed by atoms with van der Waals surface area (Å²) in [5.74, 6) is 0.548. The first kappa shape index (κ1) is 20.0. The van der Waals surface area contributed by atoms with Gasteiger partial charge in [0, 0.05) is 23.6 Å². The lowest BCUT2D eigenvalue weighted by Gasteiger charge is -2.24. The second kappa shape index (κ2) is 9.28. The van der Waals surface area contributed by atoms with Crippen LogP contribution in [0.25, 0.3) is 0 Å². The molecular weight excluding hydrogens is 356 g/mol. The highest BCUT2D eigenvalue weighted by atomic mass is 79.9. The Morgan fingerprint density at radius 3 is 2.48 bits per heavy atom. The largest absolute Gasteiger partial charge is 0.444 e. The van der Waals surface area contributed by atoms with Gasteiger partial charge in [-0.3, -0.25) is 0 Å². The molecule has 0 aromatic heterocycles. The molecule has 0 aliphatic carbocycles. The zero-order chi connectivity index (χ0) is 17.5. The average molecular weight is 385 g/mol. The van der Waals surface area contributed by atoms with Crippen LogP contribution >= 0.6 is 15.9 Å². The summed E-state index contributed by atoms with van der Waals surface area (Å²) in [5, 5.41) is 6.39. The molecule has 1 rings (SSSR count). The fourth-order valence-electron chi connectivity index (χ4n) is 2.22. The lowest BCUT2D eigenvalue weighted by atomic mass is 10.0. The van der Waals surface area contributed by atoms with E-state index in [0.717, 1.165) is 17.4 Å². The standard InChI is InChI=1S/C18H29BrN2O2/c1-13(2)10-15(12-21-17(22)23-18(3,4)5)20-11-14-8-6-7-9-16(14)19/h6-9,13,15,20H,10-12H2,1-5H3,(H,21,22). The average Bonchev–Trinajstić information content (AvgIpc) is 2.41. The molecular formula is C18H29BrN2O2. The summed E-state index contributed by atoms with van der Waals surface area (Å²) >= 11 is 3.56. The van der Waals surface area contributed by atoms with Gasteiger partial charge in [0.05, 0.1) is 0 Å². The van der Waals surface area contributed by atoms with Crippen molar-refractivity contribution in [2.75, 3.05) is 6.54 Å². The Kier molecular flexibility index (Phi) is 8.06. The van der Waals surface area contributed by atoms with Crippen LogP contribution in [0.1, 0.15) is 46.6 Å². The zero-order valence-corrected chi connectivity index (χ0v) is 16.4. The molecule has 0 radical (unpaired) electrons. The van der Waals surface area contributed by atoms with Crippen molar-refractivity contribution >= 4 is 22.0 Å². The number of alkyl carbamates (subject to hydrolysis) is 1. The van der Waals surface area contributed by atoms with Crippen molar-refractivity contribution in [2.45, 2.75) is 59.2 Å². The molecule has 1 atom stereocenters. The Bertz CT molecular complexity index is 498. The molecule has 0 saturated heterocycles. The molecule has 0 bridgehead atoms. The monoisotopic (exact) mass is 384 g/mol. The van der Waals surface area contributed by atoms with E-state index in [2.05, 4.69) is 46.5 Å².